The minimum absolute atomic E-state index is 0.0135. The molecule has 3 N–H and O–H groups in total. The van der Waals surface area contributed by atoms with E-state index in [1.807, 2.05) is 0 Å². The Balaban J connectivity index is 0.000000220. The van der Waals surface area contributed by atoms with Gasteiger partial charge in [0.25, 0.3) is 53.1 Å². The zero-order valence-electron chi connectivity index (χ0n) is 58.4. The van der Waals surface area contributed by atoms with E-state index in [0.717, 1.165) is 55.2 Å². The lowest BCUT2D eigenvalue weighted by Gasteiger charge is -2.26. The third-order valence-corrected chi connectivity index (χ3v) is 17.9. The van der Waals surface area contributed by atoms with Gasteiger partial charge in [0.05, 0.1) is 144 Å². The first kappa shape index (κ1) is 81.6. The van der Waals surface area contributed by atoms with E-state index >= 15 is 0 Å². The number of rotatable bonds is 30. The number of sulfone groups is 3. The van der Waals surface area contributed by atoms with Gasteiger partial charge in [-0.05, 0) is 93.6 Å². The van der Waals surface area contributed by atoms with Crippen LogP contribution in [0.4, 0.5) is 30.2 Å². The predicted molar refractivity (Wildman–Crippen MR) is 365 cm³/mol. The number of amides is 9. The number of nitrogens with zero attached hydrogens (tertiary/aromatic N) is 6. The lowest BCUT2D eigenvalue weighted by atomic mass is 10.1. The molecule has 6 heterocycles. The minimum atomic E-state index is -3.77. The first-order chi connectivity index (χ1) is 49.5. The Morgan fingerprint density at radius 1 is 0.381 bits per heavy atom. The number of anilines is 3. The van der Waals surface area contributed by atoms with Crippen molar-refractivity contribution in [3.05, 3.63) is 141 Å². The summed E-state index contributed by atoms with van der Waals surface area (Å²) in [4.78, 5) is 131. The third kappa shape index (κ3) is 19.0. The van der Waals surface area contributed by atoms with E-state index in [4.69, 9.17) is 42.6 Å². The smallest absolute Gasteiger partial charge is 0.265 e. The number of hydrogen-bond donors (Lipinski definition) is 3. The van der Waals surface area contributed by atoms with Crippen LogP contribution in [0.25, 0.3) is 0 Å². The molecule has 39 heteroatoms. The molecule has 9 amide bonds. The van der Waals surface area contributed by atoms with Crippen LogP contribution in [0.5, 0.6) is 34.9 Å². The van der Waals surface area contributed by atoms with Crippen molar-refractivity contribution in [2.45, 2.75) is 38.9 Å². The molecule has 3 aromatic heterocycles. The fraction of sp³-hybridized carbons (Fsp3) is 0.364. The molecule has 0 bridgehead atoms. The summed E-state index contributed by atoms with van der Waals surface area (Å²) in [6.45, 7) is 4.72. The van der Waals surface area contributed by atoms with Crippen molar-refractivity contribution in [2.75, 3.05) is 134 Å². The van der Waals surface area contributed by atoms with Crippen molar-refractivity contribution >= 4 is 99.7 Å². The van der Waals surface area contributed by atoms with Gasteiger partial charge in [-0.2, -0.15) is 0 Å². The monoisotopic (exact) mass is 1530 g/mol. The molecule has 9 rings (SSSR count). The molecule has 6 aromatic rings. The number of hydrogen-bond acceptors (Lipinski definition) is 27. The second-order valence-electron chi connectivity index (χ2n) is 22.8. The van der Waals surface area contributed by atoms with Gasteiger partial charge in [-0.1, -0.05) is 0 Å². The highest BCUT2D eigenvalue weighted by molar-refractivity contribution is 7.91. The van der Waals surface area contributed by atoms with Crippen LogP contribution in [0.1, 0.15) is 118 Å². The maximum atomic E-state index is 14.7. The number of halogens is 3. The van der Waals surface area contributed by atoms with E-state index in [9.17, 15) is 81.6 Å². The molecule has 0 aliphatic carbocycles. The molecule has 105 heavy (non-hydrogen) atoms. The van der Waals surface area contributed by atoms with E-state index in [-0.39, 0.29) is 109 Å². The summed E-state index contributed by atoms with van der Waals surface area (Å²) in [6, 6.07) is 10.5. The highest BCUT2D eigenvalue weighted by atomic mass is 32.2. The summed E-state index contributed by atoms with van der Waals surface area (Å²) in [7, 11) is -3.27. The van der Waals surface area contributed by atoms with Crippen molar-refractivity contribution in [2.24, 2.45) is 0 Å². The Bertz CT molecular complexity index is 4310. The van der Waals surface area contributed by atoms with Crippen LogP contribution in [0.2, 0.25) is 0 Å². The van der Waals surface area contributed by atoms with Crippen LogP contribution < -0.4 is 44.4 Å². The van der Waals surface area contributed by atoms with Crippen molar-refractivity contribution in [1.82, 2.24) is 29.7 Å². The van der Waals surface area contributed by atoms with E-state index in [2.05, 4.69) is 30.9 Å². The zero-order valence-corrected chi connectivity index (χ0v) is 60.8. The summed E-state index contributed by atoms with van der Waals surface area (Å²) >= 11 is 0. The Hall–Kier alpha value is -10.7. The van der Waals surface area contributed by atoms with E-state index in [1.165, 1.54) is 79.1 Å². The minimum Gasteiger partial charge on any atom is -0.491 e. The van der Waals surface area contributed by atoms with Crippen molar-refractivity contribution < 1.29 is 124 Å². The average Bonchev–Trinajstić information content (AvgIpc) is 1.60. The molecule has 3 aromatic carbocycles. The van der Waals surface area contributed by atoms with Gasteiger partial charge in [-0.3, -0.25) is 57.9 Å². The number of carbonyl (C=O) groups is 9. The Kier molecular flexibility index (Phi) is 26.9. The maximum Gasteiger partial charge on any atom is 0.265 e. The molecule has 0 fully saturated rings. The fourth-order valence-corrected chi connectivity index (χ4v) is 13.6. The van der Waals surface area contributed by atoms with Gasteiger partial charge in [-0.25, -0.2) is 53.4 Å². The number of pyridine rings is 3. The van der Waals surface area contributed by atoms with E-state index in [0.29, 0.717) is 14.7 Å². The molecule has 3 aliphatic rings. The van der Waals surface area contributed by atoms with Crippen molar-refractivity contribution in [1.29, 1.82) is 0 Å². The van der Waals surface area contributed by atoms with Crippen LogP contribution in [0.3, 0.4) is 0 Å². The summed E-state index contributed by atoms with van der Waals surface area (Å²) < 4.78 is 164. The molecular weight excluding hydrogens is 1460 g/mol. The average molecular weight is 1530 g/mol. The first-order valence-electron chi connectivity index (χ1n) is 31.1. The molecule has 0 spiro atoms. The second-order valence-corrected chi connectivity index (χ2v) is 29.3. The van der Waals surface area contributed by atoms with Crippen LogP contribution in [0.15, 0.2) is 72.8 Å². The molecule has 33 nitrogen and oxygen atoms in total. The lowest BCUT2D eigenvalue weighted by Crippen LogP contribution is -2.38. The standard InChI is InChI=1S/3C22H24FN3O8S/c3*1-5-34-20-16(33-3)9-8-13(25-20)15(11-35(4,30)31)26-21(28)18-12(23)6-7-14(19(18)22(26)29)24-17(27)10-32-2/h3*6-9,15H,5,10-11H2,1-4H3,(H,24,27)/t2*15-;/m10./s1. The molecule has 1 unspecified atom stereocenters. The summed E-state index contributed by atoms with van der Waals surface area (Å²) in [5.74, 6) is -12.2. The maximum absolute atomic E-state index is 14.7. The molecule has 564 valence electrons. The molecule has 0 saturated carbocycles. The van der Waals surface area contributed by atoms with Crippen molar-refractivity contribution in [3.8, 4) is 34.9 Å². The van der Waals surface area contributed by atoms with Gasteiger partial charge in [0.2, 0.25) is 17.7 Å². The van der Waals surface area contributed by atoms with Crippen molar-refractivity contribution in [3.63, 3.8) is 0 Å². The third-order valence-electron chi connectivity index (χ3n) is 15.1. The fourth-order valence-electron chi connectivity index (χ4n) is 10.9. The zero-order chi connectivity index (χ0) is 77.7. The van der Waals surface area contributed by atoms with Crippen LogP contribution in [0, 0.1) is 17.5 Å². The molecule has 3 atom stereocenters. The van der Waals surface area contributed by atoms with Crippen LogP contribution >= 0.6 is 0 Å². The first-order valence-corrected chi connectivity index (χ1v) is 37.3. The number of carbonyl (C=O) groups excluding carboxylic acids is 9. The Morgan fingerprint density at radius 2 is 0.610 bits per heavy atom. The molecule has 3 aliphatic heterocycles. The lowest BCUT2D eigenvalue weighted by molar-refractivity contribution is -0.120. The number of ether oxygens (including phenoxy) is 9. The topological polar surface area (TPSA) is 424 Å². The number of nitrogens with one attached hydrogen (secondary N) is 3. The Labute approximate surface area is 599 Å². The van der Waals surface area contributed by atoms with Gasteiger partial charge >= 0.3 is 0 Å². The van der Waals surface area contributed by atoms with Crippen LogP contribution in [-0.4, -0.2) is 226 Å². The summed E-state index contributed by atoms with van der Waals surface area (Å²) in [6.07, 6.45) is 2.80. The number of aromatic nitrogens is 3. The van der Waals surface area contributed by atoms with E-state index in [1.54, 1.807) is 20.8 Å². The van der Waals surface area contributed by atoms with Crippen LogP contribution in [-0.2, 0) is 58.1 Å². The van der Waals surface area contributed by atoms with E-state index < -0.39 is 169 Å². The molecular formula is C66H72F3N9O24S3. The largest absolute Gasteiger partial charge is 0.491 e. The molecule has 0 radical (unpaired) electrons. The predicted octanol–water partition coefficient (Wildman–Crippen LogP) is 4.78. The highest BCUT2D eigenvalue weighted by Gasteiger charge is 2.49. The quantitative estimate of drug-likeness (QED) is 0.0510. The van der Waals surface area contributed by atoms with Gasteiger partial charge in [-0.15, -0.1) is 0 Å². The Morgan fingerprint density at radius 3 is 0.810 bits per heavy atom. The summed E-state index contributed by atoms with van der Waals surface area (Å²) in [5.41, 5.74) is -3.21. The second kappa shape index (κ2) is 34.7. The van der Waals surface area contributed by atoms with Gasteiger partial charge in [0.15, 0.2) is 17.2 Å². The normalized spacial score (nSPS) is 14.0. The number of imide groups is 3. The van der Waals surface area contributed by atoms with Gasteiger partial charge < -0.3 is 58.6 Å². The van der Waals surface area contributed by atoms with Gasteiger partial charge in [0, 0.05) is 40.1 Å². The number of methoxy groups -OCH3 is 6. The van der Waals surface area contributed by atoms with Gasteiger partial charge in [0.1, 0.15) is 66.8 Å². The molecule has 0 saturated heterocycles. The number of benzene rings is 3. The number of fused-ring (bicyclic) bond motifs is 3. The SMILES string of the molecule is CCOc1nc(C(CS(C)(=O)=O)N2C(=O)c3c(F)ccc(NC(=O)COC)c3C2=O)ccc1OC.CCOc1nc([C@@H](CS(C)(=O)=O)N2C(=O)c3c(F)ccc(NC(=O)COC)c3C2=O)ccc1OC.CCOc1nc([C@H](CS(C)(=O)=O)N2C(=O)c3c(F)ccc(NC(=O)COC)c3C2=O)ccc1OC. The summed E-state index contributed by atoms with van der Waals surface area (Å²) in [5, 5.41) is 7.23. The highest BCUT2D eigenvalue weighted by Crippen LogP contribution is 2.42.